The molecule has 0 heterocycles. The third-order valence-corrected chi connectivity index (χ3v) is 6.08. The van der Waals surface area contributed by atoms with Crippen molar-refractivity contribution in [3.8, 4) is 5.75 Å². The maximum Gasteiger partial charge on any atom is 0.261 e. The Morgan fingerprint density at radius 2 is 1.61 bits per heavy atom. The Kier molecular flexibility index (Phi) is 6.97. The van der Waals surface area contributed by atoms with Crippen molar-refractivity contribution in [2.45, 2.75) is 25.7 Å². The topological polar surface area (TPSA) is 84.5 Å². The summed E-state index contributed by atoms with van der Waals surface area (Å²) in [5, 5.41) is 2.79. The lowest BCUT2D eigenvalue weighted by Crippen LogP contribution is -2.28. The number of aryl methyl sites for hydroxylation is 3. The van der Waals surface area contributed by atoms with Gasteiger partial charge in [0.15, 0.2) is 0 Å². The van der Waals surface area contributed by atoms with E-state index in [2.05, 4.69) is 10.0 Å². The van der Waals surface area contributed by atoms with E-state index in [1.807, 2.05) is 39.0 Å². The summed E-state index contributed by atoms with van der Waals surface area (Å²) in [5.41, 5.74) is 3.85. The molecule has 3 aromatic rings. The lowest BCUT2D eigenvalue weighted by atomic mass is 10.1. The van der Waals surface area contributed by atoms with Gasteiger partial charge in [-0.05, 0) is 62.7 Å². The summed E-state index contributed by atoms with van der Waals surface area (Å²) >= 11 is 0. The van der Waals surface area contributed by atoms with Crippen LogP contribution in [-0.2, 0) is 10.0 Å². The van der Waals surface area contributed by atoms with E-state index < -0.39 is 10.0 Å². The molecule has 2 N–H and O–H groups in total. The number of anilines is 1. The summed E-state index contributed by atoms with van der Waals surface area (Å²) in [6.45, 7) is 6.54. The molecule has 0 aliphatic carbocycles. The summed E-state index contributed by atoms with van der Waals surface area (Å²) < 4.78 is 33.4. The Labute approximate surface area is 183 Å². The van der Waals surface area contributed by atoms with Crippen molar-refractivity contribution in [2.75, 3.05) is 17.9 Å². The molecule has 0 aliphatic rings. The van der Waals surface area contributed by atoms with Gasteiger partial charge in [0.1, 0.15) is 12.4 Å². The molecule has 3 aromatic carbocycles. The lowest BCUT2D eigenvalue weighted by Gasteiger charge is -2.12. The maximum absolute atomic E-state index is 12.6. The van der Waals surface area contributed by atoms with Crippen molar-refractivity contribution < 1.29 is 17.9 Å². The van der Waals surface area contributed by atoms with Crippen LogP contribution in [0.3, 0.4) is 0 Å². The van der Waals surface area contributed by atoms with Gasteiger partial charge in [-0.2, -0.15) is 0 Å². The van der Waals surface area contributed by atoms with Crippen molar-refractivity contribution in [1.82, 2.24) is 5.32 Å². The van der Waals surface area contributed by atoms with Crippen LogP contribution in [0.5, 0.6) is 5.75 Å². The molecule has 31 heavy (non-hydrogen) atoms. The molecule has 0 spiro atoms. The molecule has 0 bridgehead atoms. The zero-order chi connectivity index (χ0) is 22.4. The standard InChI is InChI=1S/C24H26N2O4S/c1-17-7-10-22(11-8-17)31(28,29)26-21-6-4-5-20(16-21)24(27)25-13-14-30-23-12-9-18(2)15-19(23)3/h4-12,15-16,26H,13-14H2,1-3H3,(H,25,27). The van der Waals surface area contributed by atoms with Gasteiger partial charge >= 0.3 is 0 Å². The number of nitrogens with one attached hydrogen (secondary N) is 2. The summed E-state index contributed by atoms with van der Waals surface area (Å²) in [7, 11) is -3.73. The van der Waals surface area contributed by atoms with Gasteiger partial charge in [-0.15, -0.1) is 0 Å². The van der Waals surface area contributed by atoms with E-state index in [-0.39, 0.29) is 10.8 Å². The highest BCUT2D eigenvalue weighted by Crippen LogP contribution is 2.19. The second-order valence-electron chi connectivity index (χ2n) is 7.37. The van der Waals surface area contributed by atoms with Crippen molar-refractivity contribution in [1.29, 1.82) is 0 Å². The van der Waals surface area contributed by atoms with Crippen molar-refractivity contribution in [2.24, 2.45) is 0 Å². The third kappa shape index (κ3) is 6.08. The van der Waals surface area contributed by atoms with E-state index in [1.165, 1.54) is 6.07 Å². The van der Waals surface area contributed by atoms with Crippen LogP contribution in [0.15, 0.2) is 71.6 Å². The SMILES string of the molecule is Cc1ccc(S(=O)(=O)Nc2cccc(C(=O)NCCOc3ccc(C)cc3C)c2)cc1. The minimum Gasteiger partial charge on any atom is -0.491 e. The predicted octanol–water partition coefficient (Wildman–Crippen LogP) is 4.22. The van der Waals surface area contributed by atoms with Crippen molar-refractivity contribution in [3.05, 3.63) is 89.0 Å². The number of sulfonamides is 1. The molecule has 3 rings (SSSR count). The van der Waals surface area contributed by atoms with Crippen LogP contribution in [0.25, 0.3) is 0 Å². The average molecular weight is 439 g/mol. The minimum atomic E-state index is -3.73. The molecule has 0 fully saturated rings. The largest absolute Gasteiger partial charge is 0.491 e. The molecular weight excluding hydrogens is 412 g/mol. The van der Waals surface area contributed by atoms with E-state index in [0.717, 1.165) is 22.4 Å². The molecule has 1 amide bonds. The number of carbonyl (C=O) groups is 1. The fraction of sp³-hybridized carbons (Fsp3) is 0.208. The number of amides is 1. The third-order valence-electron chi connectivity index (χ3n) is 4.68. The highest BCUT2D eigenvalue weighted by molar-refractivity contribution is 7.92. The fourth-order valence-corrected chi connectivity index (χ4v) is 4.09. The van der Waals surface area contributed by atoms with Gasteiger partial charge in [0, 0.05) is 11.3 Å². The lowest BCUT2D eigenvalue weighted by molar-refractivity contribution is 0.0947. The summed E-state index contributed by atoms with van der Waals surface area (Å²) in [6.07, 6.45) is 0. The molecule has 7 heteroatoms. The number of benzene rings is 3. The first-order valence-electron chi connectivity index (χ1n) is 9.92. The molecule has 162 valence electrons. The monoisotopic (exact) mass is 438 g/mol. The summed E-state index contributed by atoms with van der Waals surface area (Å²) in [4.78, 5) is 12.6. The molecule has 0 saturated heterocycles. The number of rotatable bonds is 8. The van der Waals surface area contributed by atoms with Crippen LogP contribution >= 0.6 is 0 Å². The van der Waals surface area contributed by atoms with Gasteiger partial charge < -0.3 is 10.1 Å². The van der Waals surface area contributed by atoms with Gasteiger partial charge in [-0.1, -0.05) is 41.5 Å². The Morgan fingerprint density at radius 1 is 0.903 bits per heavy atom. The highest BCUT2D eigenvalue weighted by atomic mass is 32.2. The van der Waals surface area contributed by atoms with Gasteiger partial charge in [0.05, 0.1) is 11.4 Å². The fourth-order valence-electron chi connectivity index (χ4n) is 3.04. The zero-order valence-corrected chi connectivity index (χ0v) is 18.6. The van der Waals surface area contributed by atoms with Crippen LogP contribution < -0.4 is 14.8 Å². The quantitative estimate of drug-likeness (QED) is 0.516. The highest BCUT2D eigenvalue weighted by Gasteiger charge is 2.15. The van der Waals surface area contributed by atoms with Gasteiger partial charge in [-0.25, -0.2) is 8.42 Å². The summed E-state index contributed by atoms with van der Waals surface area (Å²) in [6, 6.07) is 18.9. The van der Waals surface area contributed by atoms with Crippen LogP contribution in [0.1, 0.15) is 27.0 Å². The van der Waals surface area contributed by atoms with Crippen LogP contribution in [0.2, 0.25) is 0 Å². The molecule has 0 aromatic heterocycles. The van der Waals surface area contributed by atoms with Gasteiger partial charge in [0.2, 0.25) is 0 Å². The normalized spacial score (nSPS) is 11.1. The van der Waals surface area contributed by atoms with E-state index in [4.69, 9.17) is 4.74 Å². The van der Waals surface area contributed by atoms with Crippen molar-refractivity contribution in [3.63, 3.8) is 0 Å². The number of ether oxygens (including phenoxy) is 1. The smallest absolute Gasteiger partial charge is 0.261 e. The van der Waals surface area contributed by atoms with Crippen LogP contribution in [0.4, 0.5) is 5.69 Å². The van der Waals surface area contributed by atoms with E-state index >= 15 is 0 Å². The zero-order valence-electron chi connectivity index (χ0n) is 17.8. The molecule has 0 unspecified atom stereocenters. The second kappa shape index (κ2) is 9.66. The molecule has 0 aliphatic heterocycles. The molecule has 0 radical (unpaired) electrons. The van der Waals surface area contributed by atoms with E-state index in [0.29, 0.717) is 24.4 Å². The first-order valence-corrected chi connectivity index (χ1v) is 11.4. The Hall–Kier alpha value is -3.32. The molecule has 0 atom stereocenters. The van der Waals surface area contributed by atoms with Crippen LogP contribution in [0, 0.1) is 20.8 Å². The first-order chi connectivity index (χ1) is 14.7. The molecule has 6 nitrogen and oxygen atoms in total. The van der Waals surface area contributed by atoms with E-state index in [9.17, 15) is 13.2 Å². The average Bonchev–Trinajstić information content (AvgIpc) is 2.72. The Morgan fingerprint density at radius 3 is 2.32 bits per heavy atom. The Bertz CT molecular complexity index is 1170. The van der Waals surface area contributed by atoms with E-state index in [1.54, 1.807) is 42.5 Å². The number of carbonyl (C=O) groups excluding carboxylic acids is 1. The first kappa shape index (κ1) is 22.4. The number of hydrogen-bond acceptors (Lipinski definition) is 4. The molecule has 0 saturated carbocycles. The van der Waals surface area contributed by atoms with Crippen LogP contribution in [-0.4, -0.2) is 27.5 Å². The minimum absolute atomic E-state index is 0.163. The van der Waals surface area contributed by atoms with Gasteiger partial charge in [0.25, 0.3) is 15.9 Å². The predicted molar refractivity (Wildman–Crippen MR) is 122 cm³/mol. The second-order valence-corrected chi connectivity index (χ2v) is 9.06. The Balaban J connectivity index is 1.57. The summed E-state index contributed by atoms with van der Waals surface area (Å²) in [5.74, 6) is 0.480. The van der Waals surface area contributed by atoms with Crippen molar-refractivity contribution >= 4 is 21.6 Å². The van der Waals surface area contributed by atoms with Gasteiger partial charge in [-0.3, -0.25) is 9.52 Å². The molecular formula is C24H26N2O4S. The maximum atomic E-state index is 12.6. The number of hydrogen-bond donors (Lipinski definition) is 2.